The van der Waals surface area contributed by atoms with Crippen LogP contribution in [0.4, 0.5) is 4.39 Å². The van der Waals surface area contributed by atoms with Crippen LogP contribution in [0.2, 0.25) is 0 Å². The number of nitrogens with zero attached hydrogens (tertiary/aromatic N) is 1. The van der Waals surface area contributed by atoms with Gasteiger partial charge in [0.25, 0.3) is 5.91 Å². The van der Waals surface area contributed by atoms with Crippen molar-refractivity contribution < 1.29 is 9.18 Å². The Morgan fingerprint density at radius 1 is 1.10 bits per heavy atom. The molecule has 3 N–H and O–H groups in total. The van der Waals surface area contributed by atoms with E-state index in [0.29, 0.717) is 18.7 Å². The van der Waals surface area contributed by atoms with Gasteiger partial charge in [-0.05, 0) is 48.7 Å². The zero-order valence-corrected chi connectivity index (χ0v) is 17.7. The SMILES string of the molecule is CCNC(=NCC(C)(C)c1cccc(F)c1)NCCc1cccc(C(=O)NC)c1. The molecule has 0 heterocycles. The molecular formula is C23H31FN4O. The molecule has 0 radical (unpaired) electrons. The first-order valence-corrected chi connectivity index (χ1v) is 9.95. The van der Waals surface area contributed by atoms with Crippen molar-refractivity contribution in [3.8, 4) is 0 Å². The van der Waals surface area contributed by atoms with Crippen molar-refractivity contribution >= 4 is 11.9 Å². The van der Waals surface area contributed by atoms with Crippen molar-refractivity contribution in [1.82, 2.24) is 16.0 Å². The van der Waals surface area contributed by atoms with Gasteiger partial charge in [-0.1, -0.05) is 38.1 Å². The van der Waals surface area contributed by atoms with E-state index in [-0.39, 0.29) is 17.1 Å². The third-order valence-electron chi connectivity index (χ3n) is 4.71. The number of aliphatic imine (C=N–C) groups is 1. The highest BCUT2D eigenvalue weighted by Crippen LogP contribution is 2.24. The Morgan fingerprint density at radius 2 is 1.86 bits per heavy atom. The molecule has 156 valence electrons. The molecule has 0 aliphatic heterocycles. The van der Waals surface area contributed by atoms with Gasteiger partial charge in [0.15, 0.2) is 5.96 Å². The summed E-state index contributed by atoms with van der Waals surface area (Å²) in [5.74, 6) is 0.400. The predicted molar refractivity (Wildman–Crippen MR) is 117 cm³/mol. The van der Waals surface area contributed by atoms with E-state index >= 15 is 0 Å². The minimum Gasteiger partial charge on any atom is -0.357 e. The molecule has 2 aromatic rings. The number of amides is 1. The van der Waals surface area contributed by atoms with Crippen LogP contribution in [-0.4, -0.2) is 38.5 Å². The van der Waals surface area contributed by atoms with Crippen molar-refractivity contribution in [3.63, 3.8) is 0 Å². The third-order valence-corrected chi connectivity index (χ3v) is 4.71. The van der Waals surface area contributed by atoms with Gasteiger partial charge in [0.05, 0.1) is 6.54 Å². The van der Waals surface area contributed by atoms with Crippen molar-refractivity contribution in [2.75, 3.05) is 26.7 Å². The zero-order chi connectivity index (χ0) is 21.3. The van der Waals surface area contributed by atoms with Crippen LogP contribution in [0, 0.1) is 5.82 Å². The predicted octanol–water partition coefficient (Wildman–Crippen LogP) is 3.26. The van der Waals surface area contributed by atoms with Crippen LogP contribution >= 0.6 is 0 Å². The molecule has 0 fully saturated rings. The number of hydrogen-bond acceptors (Lipinski definition) is 2. The average molecular weight is 399 g/mol. The molecule has 2 rings (SSSR count). The van der Waals surface area contributed by atoms with Gasteiger partial charge in [0, 0.05) is 31.1 Å². The Kier molecular flexibility index (Phi) is 8.19. The molecule has 29 heavy (non-hydrogen) atoms. The van der Waals surface area contributed by atoms with Crippen LogP contribution in [0.25, 0.3) is 0 Å². The lowest BCUT2D eigenvalue weighted by Crippen LogP contribution is -2.39. The summed E-state index contributed by atoms with van der Waals surface area (Å²) in [4.78, 5) is 16.5. The van der Waals surface area contributed by atoms with Crippen molar-refractivity contribution in [2.24, 2.45) is 4.99 Å². The molecule has 0 bridgehead atoms. The number of carbonyl (C=O) groups excluding carboxylic acids is 1. The number of carbonyl (C=O) groups is 1. The lowest BCUT2D eigenvalue weighted by molar-refractivity contribution is 0.0963. The quantitative estimate of drug-likeness (QED) is 0.472. The van der Waals surface area contributed by atoms with Crippen molar-refractivity contribution in [3.05, 3.63) is 71.0 Å². The van der Waals surface area contributed by atoms with Gasteiger partial charge in [-0.25, -0.2) is 4.39 Å². The first kappa shape index (κ1) is 22.4. The standard InChI is InChI=1S/C23H31FN4O/c1-5-26-22(28-16-23(2,3)19-10-7-11-20(24)15-19)27-13-12-17-8-6-9-18(14-17)21(29)25-4/h6-11,14-15H,5,12-13,16H2,1-4H3,(H,25,29)(H2,26,27,28). The third kappa shape index (κ3) is 6.89. The lowest BCUT2D eigenvalue weighted by Gasteiger charge is -2.24. The maximum atomic E-state index is 13.6. The van der Waals surface area contributed by atoms with Gasteiger partial charge in [-0.15, -0.1) is 0 Å². The van der Waals surface area contributed by atoms with Gasteiger partial charge in [-0.3, -0.25) is 9.79 Å². The molecule has 0 aliphatic rings. The summed E-state index contributed by atoms with van der Waals surface area (Å²) in [6.45, 7) is 8.08. The molecule has 6 heteroatoms. The van der Waals surface area contributed by atoms with E-state index in [1.165, 1.54) is 6.07 Å². The Balaban J connectivity index is 1.98. The summed E-state index contributed by atoms with van der Waals surface area (Å²) in [6.07, 6.45) is 0.766. The Labute approximate surface area is 172 Å². The Bertz CT molecular complexity index is 848. The minimum absolute atomic E-state index is 0.0886. The number of rotatable bonds is 8. The molecule has 2 aromatic carbocycles. The maximum Gasteiger partial charge on any atom is 0.251 e. The molecule has 1 amide bonds. The monoisotopic (exact) mass is 398 g/mol. The van der Waals surface area contributed by atoms with Crippen LogP contribution in [0.15, 0.2) is 53.5 Å². The van der Waals surface area contributed by atoms with Crippen LogP contribution in [-0.2, 0) is 11.8 Å². The van der Waals surface area contributed by atoms with Gasteiger partial charge < -0.3 is 16.0 Å². The molecule has 0 saturated carbocycles. The number of nitrogens with one attached hydrogen (secondary N) is 3. The van der Waals surface area contributed by atoms with Gasteiger partial charge in [-0.2, -0.15) is 0 Å². The number of benzene rings is 2. The fraction of sp³-hybridized carbons (Fsp3) is 0.391. The topological polar surface area (TPSA) is 65.5 Å². The molecule has 0 atom stereocenters. The van der Waals surface area contributed by atoms with Gasteiger partial charge in [0.1, 0.15) is 5.82 Å². The van der Waals surface area contributed by atoms with Crippen molar-refractivity contribution in [2.45, 2.75) is 32.6 Å². The van der Waals surface area contributed by atoms with E-state index in [9.17, 15) is 9.18 Å². The highest BCUT2D eigenvalue weighted by molar-refractivity contribution is 5.94. The van der Waals surface area contributed by atoms with Gasteiger partial charge >= 0.3 is 0 Å². The molecule has 5 nitrogen and oxygen atoms in total. The first-order valence-electron chi connectivity index (χ1n) is 9.95. The summed E-state index contributed by atoms with van der Waals surface area (Å²) in [5.41, 5.74) is 2.37. The fourth-order valence-electron chi connectivity index (χ4n) is 2.96. The summed E-state index contributed by atoms with van der Waals surface area (Å²) in [5, 5.41) is 9.22. The van der Waals surface area contributed by atoms with E-state index in [2.05, 4.69) is 34.8 Å². The first-order chi connectivity index (χ1) is 13.9. The Morgan fingerprint density at radius 3 is 2.55 bits per heavy atom. The molecule has 0 saturated heterocycles. The molecule has 0 spiro atoms. The second-order valence-electron chi connectivity index (χ2n) is 7.55. The second-order valence-corrected chi connectivity index (χ2v) is 7.55. The smallest absolute Gasteiger partial charge is 0.251 e. The molecule has 0 unspecified atom stereocenters. The molecule has 0 aromatic heterocycles. The number of guanidine groups is 1. The second kappa shape index (κ2) is 10.6. The maximum absolute atomic E-state index is 13.6. The summed E-state index contributed by atoms with van der Waals surface area (Å²) < 4.78 is 13.6. The van der Waals surface area contributed by atoms with E-state index in [4.69, 9.17) is 0 Å². The van der Waals surface area contributed by atoms with Crippen LogP contribution in [0.1, 0.15) is 42.3 Å². The normalized spacial score (nSPS) is 11.8. The average Bonchev–Trinajstić information content (AvgIpc) is 2.71. The van der Waals surface area contributed by atoms with Crippen LogP contribution in [0.3, 0.4) is 0 Å². The van der Waals surface area contributed by atoms with Crippen LogP contribution in [0.5, 0.6) is 0 Å². The summed E-state index contributed by atoms with van der Waals surface area (Å²) in [6, 6.07) is 14.3. The van der Waals surface area contributed by atoms with E-state index < -0.39 is 0 Å². The van der Waals surface area contributed by atoms with Crippen LogP contribution < -0.4 is 16.0 Å². The fourth-order valence-corrected chi connectivity index (χ4v) is 2.96. The number of hydrogen-bond donors (Lipinski definition) is 3. The molecular weight excluding hydrogens is 367 g/mol. The van der Waals surface area contributed by atoms with Crippen molar-refractivity contribution in [1.29, 1.82) is 0 Å². The Hall–Kier alpha value is -2.89. The summed E-state index contributed by atoms with van der Waals surface area (Å²) in [7, 11) is 1.63. The molecule has 0 aliphatic carbocycles. The highest BCUT2D eigenvalue weighted by atomic mass is 19.1. The minimum atomic E-state index is -0.285. The highest BCUT2D eigenvalue weighted by Gasteiger charge is 2.21. The number of halogens is 1. The largest absolute Gasteiger partial charge is 0.357 e. The van der Waals surface area contributed by atoms with E-state index in [1.807, 2.05) is 31.2 Å². The van der Waals surface area contributed by atoms with Gasteiger partial charge in [0.2, 0.25) is 0 Å². The van der Waals surface area contributed by atoms with E-state index in [0.717, 1.165) is 30.1 Å². The van der Waals surface area contributed by atoms with E-state index in [1.54, 1.807) is 25.2 Å². The lowest BCUT2D eigenvalue weighted by atomic mass is 9.85. The zero-order valence-electron chi connectivity index (χ0n) is 17.7. The summed E-state index contributed by atoms with van der Waals surface area (Å²) >= 11 is 0.